The van der Waals surface area contributed by atoms with Crippen molar-refractivity contribution in [2.24, 2.45) is 71.0 Å². The van der Waals surface area contributed by atoms with Gasteiger partial charge in [0.2, 0.25) is 0 Å². The summed E-state index contributed by atoms with van der Waals surface area (Å²) >= 11 is 0. The van der Waals surface area contributed by atoms with Crippen LogP contribution in [0, 0.1) is 77.9 Å². The summed E-state index contributed by atoms with van der Waals surface area (Å²) < 4.78 is 0. The summed E-state index contributed by atoms with van der Waals surface area (Å²) in [6.07, 6.45) is 27.7. The first-order chi connectivity index (χ1) is 66.9. The maximum absolute atomic E-state index is 2.75. The van der Waals surface area contributed by atoms with Crippen LogP contribution in [-0.4, -0.2) is 0 Å². The van der Waals surface area contributed by atoms with Crippen LogP contribution in [0.3, 0.4) is 0 Å². The fourth-order valence-corrected chi connectivity index (χ4v) is 28.9. The van der Waals surface area contributed by atoms with Gasteiger partial charge in [0, 0.05) is 32.5 Å². The van der Waals surface area contributed by atoms with Gasteiger partial charge in [-0.15, -0.1) is 0 Å². The van der Waals surface area contributed by atoms with Gasteiger partial charge in [-0.3, -0.25) is 0 Å². The Morgan fingerprint density at radius 3 is 0.417 bits per heavy atom. The largest absolute Gasteiger partial charge is 0.0651 e. The van der Waals surface area contributed by atoms with E-state index in [1.165, 1.54) is 179 Å². The van der Waals surface area contributed by atoms with Gasteiger partial charge in [-0.2, -0.15) is 0 Å². The monoisotopic (exact) mass is 1840 g/mol. The van der Waals surface area contributed by atoms with Crippen LogP contribution in [0.25, 0.3) is 122 Å². The summed E-state index contributed by atoms with van der Waals surface area (Å²) in [5.74, 6) is 6.75. The number of fused-ring (bicyclic) bond motifs is 18. The predicted molar refractivity (Wildman–Crippen MR) is 605 cm³/mol. The standard InChI is InChI=1S/C139H172/c1-26-87(13)75-134(76-88(14)27-2)122-41-39-38-40-110(122)112-54-43-100(65-124(112)134)102-45-56-114-116-58-47-104(69-128(116)136(126(114)67-102,79-91(17)30-5)80-92(18)31-6)106-49-60-118-120-62-51-108(73-132(120)138(130(118)71-106,83-95(21)34-9)84-96(22)35-10)109-52-63-121-119-61-50-107(72-131(119)139(133(121)74-109,85-97(23)36-11)86-98(24)37-12)105-48-59-117-115-57-46-103(68-127(115)137(129(117)70-105,81-93(19)32-7)82-94(20)33-8)101-44-55-113-111-53-42-99(25)64-123(111)135(125(113)66-101,77-89(15)28-3)78-90(16)29-4/h38-74,87-98H,26-37,75-86H2,1-25H3/t87-,88-,89-,90-,91-,92-,93-,94-,95-,96-,97-,98-/m0/s1. The van der Waals surface area contributed by atoms with Crippen LogP contribution in [0.2, 0.25) is 0 Å². The first-order valence-electron chi connectivity index (χ1n) is 56.6. The van der Waals surface area contributed by atoms with Crippen LogP contribution in [0.4, 0.5) is 0 Å². The van der Waals surface area contributed by atoms with Gasteiger partial charge in [-0.05, 0) is 405 Å². The molecule has 0 radical (unpaired) electrons. The van der Waals surface area contributed by atoms with E-state index in [1.54, 1.807) is 66.8 Å². The van der Waals surface area contributed by atoms with E-state index in [2.05, 4.69) is 398 Å². The van der Waals surface area contributed by atoms with Crippen molar-refractivity contribution in [1.82, 2.24) is 0 Å². The van der Waals surface area contributed by atoms with Gasteiger partial charge in [0.05, 0.1) is 0 Å². The molecular formula is C139H172. The van der Waals surface area contributed by atoms with Crippen LogP contribution in [-0.2, 0) is 32.5 Å². The first-order valence-corrected chi connectivity index (χ1v) is 56.6. The minimum absolute atomic E-state index is 0.0176. The highest BCUT2D eigenvalue weighted by atomic mass is 14.6. The molecule has 18 rings (SSSR count). The fraction of sp³-hybridized carbons (Fsp3) is 0.482. The smallest absolute Gasteiger partial charge is 0.0220 e. The number of hydrogen-bond donors (Lipinski definition) is 0. The van der Waals surface area contributed by atoms with E-state index in [-0.39, 0.29) is 32.5 Å². The van der Waals surface area contributed by atoms with Crippen molar-refractivity contribution in [2.45, 2.75) is 360 Å². The highest BCUT2D eigenvalue weighted by Gasteiger charge is 2.53. The van der Waals surface area contributed by atoms with E-state index in [9.17, 15) is 0 Å². The lowest BCUT2D eigenvalue weighted by Crippen LogP contribution is -2.31. The summed E-state index contributed by atoms with van der Waals surface area (Å²) in [6, 6.07) is 95.1. The third-order valence-corrected chi connectivity index (χ3v) is 38.6. The first kappa shape index (κ1) is 99.8. The van der Waals surface area contributed by atoms with Crippen molar-refractivity contribution in [3.05, 3.63) is 297 Å². The summed E-state index contributed by atoms with van der Waals surface area (Å²) in [6.45, 7) is 62.0. The van der Waals surface area contributed by atoms with E-state index in [0.29, 0.717) is 71.0 Å². The molecule has 6 aliphatic rings. The zero-order valence-electron chi connectivity index (χ0n) is 90.8. The van der Waals surface area contributed by atoms with Crippen LogP contribution in [0.5, 0.6) is 0 Å². The number of rotatable bonds is 41. The lowest BCUT2D eigenvalue weighted by molar-refractivity contribution is 0.308. The molecule has 0 heterocycles. The minimum atomic E-state index is -0.181. The Morgan fingerprint density at radius 1 is 0.144 bits per heavy atom. The summed E-state index contributed by atoms with van der Waals surface area (Å²) in [7, 11) is 0. The van der Waals surface area contributed by atoms with Gasteiger partial charge in [0.15, 0.2) is 0 Å². The molecule has 728 valence electrons. The van der Waals surface area contributed by atoms with Gasteiger partial charge < -0.3 is 0 Å². The van der Waals surface area contributed by atoms with Crippen molar-refractivity contribution >= 4 is 0 Å². The molecule has 12 atom stereocenters. The molecule has 0 unspecified atom stereocenters. The molecule has 0 nitrogen and oxygen atoms in total. The Bertz CT molecular complexity index is 6260. The van der Waals surface area contributed by atoms with Crippen LogP contribution < -0.4 is 0 Å². The quantitative estimate of drug-likeness (QED) is 0.0358. The minimum Gasteiger partial charge on any atom is -0.0651 e. The third kappa shape index (κ3) is 17.4. The van der Waals surface area contributed by atoms with Crippen molar-refractivity contribution in [2.75, 3.05) is 0 Å². The Kier molecular flexibility index (Phi) is 28.8. The average Bonchev–Trinajstić information content (AvgIpc) is 1.56. The molecule has 0 bridgehead atoms. The van der Waals surface area contributed by atoms with Crippen molar-refractivity contribution in [3.63, 3.8) is 0 Å². The molecule has 6 aliphatic carbocycles. The Morgan fingerprint density at radius 2 is 0.266 bits per heavy atom. The van der Waals surface area contributed by atoms with Crippen LogP contribution in [0.1, 0.15) is 393 Å². The molecule has 0 saturated heterocycles. The van der Waals surface area contributed by atoms with Crippen LogP contribution >= 0.6 is 0 Å². The molecule has 139 heavy (non-hydrogen) atoms. The number of hydrogen-bond acceptors (Lipinski definition) is 0. The molecule has 0 fully saturated rings. The van der Waals surface area contributed by atoms with Gasteiger partial charge >= 0.3 is 0 Å². The Hall–Kier alpha value is -9.36. The van der Waals surface area contributed by atoms with Gasteiger partial charge in [-0.25, -0.2) is 0 Å². The number of aryl methyl sites for hydroxylation is 1. The van der Waals surface area contributed by atoms with E-state index in [4.69, 9.17) is 0 Å². The summed E-state index contributed by atoms with van der Waals surface area (Å²) in [4.78, 5) is 0. The molecule has 12 aromatic carbocycles. The van der Waals surface area contributed by atoms with Crippen LogP contribution in [0.15, 0.2) is 224 Å². The summed E-state index contributed by atoms with van der Waals surface area (Å²) in [5.41, 5.74) is 50.3. The molecule has 0 heteroatoms. The maximum atomic E-state index is 2.75. The maximum Gasteiger partial charge on any atom is 0.0220 e. The topological polar surface area (TPSA) is 0 Å². The Labute approximate surface area is 843 Å². The molecule has 0 spiro atoms. The fourth-order valence-electron chi connectivity index (χ4n) is 28.9. The van der Waals surface area contributed by atoms with E-state index >= 15 is 0 Å². The van der Waals surface area contributed by atoms with Gasteiger partial charge in [-0.1, -0.05) is 413 Å². The van der Waals surface area contributed by atoms with Crippen molar-refractivity contribution < 1.29 is 0 Å². The van der Waals surface area contributed by atoms with Gasteiger partial charge in [0.1, 0.15) is 0 Å². The van der Waals surface area contributed by atoms with Crippen molar-refractivity contribution in [1.29, 1.82) is 0 Å². The third-order valence-electron chi connectivity index (χ3n) is 38.6. The highest BCUT2D eigenvalue weighted by molar-refractivity contribution is 5.95. The SMILES string of the molecule is CC[C@H](C)CC1(C[C@@H](C)CC)c2ccccc2-c2ccc(-c3ccc4c(c3)C(C[C@@H](C)CC)(C[C@@H](C)CC)c3cc(-c5ccc6c(c5)C(C[C@@H](C)CC)(C[C@@H](C)CC)c5cc(-c7ccc8c(c7)C(C[C@@H](C)CC)(C[C@@H](C)CC)c7cc(-c9ccc%10c(c9)C(C[C@@H](C)CC)(C[C@@H](C)CC)c9cc(-c%11ccc%12c(c%11)C(C[C@@H](C)CC)(C[C@@H](C)CC)c%11cc(C)ccc%11-%12)ccc9-%10)ccc7-8)ccc5-6)ccc3-4)cc21. The second-order valence-electron chi connectivity index (χ2n) is 48.3. The molecule has 0 saturated carbocycles. The normalized spacial score (nSPS) is 18.1. The lowest BCUT2D eigenvalue weighted by Gasteiger charge is -2.38. The van der Waals surface area contributed by atoms with Crippen molar-refractivity contribution in [3.8, 4) is 122 Å². The molecule has 0 N–H and O–H groups in total. The second-order valence-corrected chi connectivity index (χ2v) is 48.3. The average molecular weight is 1840 g/mol. The molecular weight excluding hydrogens is 1670 g/mol. The molecule has 0 amide bonds. The molecule has 12 aromatic rings. The second kappa shape index (κ2) is 40.1. The van der Waals surface area contributed by atoms with E-state index in [1.807, 2.05) is 0 Å². The predicted octanol–water partition coefficient (Wildman–Crippen LogP) is 41.2. The zero-order valence-corrected chi connectivity index (χ0v) is 90.8. The number of benzene rings is 12. The molecule has 0 aromatic heterocycles. The Balaban J connectivity index is 0.721. The van der Waals surface area contributed by atoms with E-state index < -0.39 is 0 Å². The highest BCUT2D eigenvalue weighted by Crippen LogP contribution is 2.66. The van der Waals surface area contributed by atoms with E-state index in [0.717, 1.165) is 103 Å². The molecule has 0 aliphatic heterocycles. The lowest BCUT2D eigenvalue weighted by atomic mass is 9.65. The zero-order chi connectivity index (χ0) is 98.3. The van der Waals surface area contributed by atoms with Gasteiger partial charge in [0.25, 0.3) is 0 Å². The summed E-state index contributed by atoms with van der Waals surface area (Å²) in [5, 5.41) is 0.